The third-order valence-corrected chi connectivity index (χ3v) is 3.20. The number of anilines is 1. The Kier molecular flexibility index (Phi) is 3.14. The lowest BCUT2D eigenvalue weighted by molar-refractivity contribution is -0.130. The molecule has 16 heavy (non-hydrogen) atoms. The maximum Gasteiger partial charge on any atom is 0.245 e. The number of aromatic amines is 1. The fourth-order valence-corrected chi connectivity index (χ4v) is 2.27. The largest absolute Gasteiger partial charge is 0.323 e. The molecule has 6 nitrogen and oxygen atoms in total. The Bertz CT molecular complexity index is 417. The van der Waals surface area contributed by atoms with Crippen LogP contribution in [0.15, 0.2) is 6.20 Å². The highest BCUT2D eigenvalue weighted by atomic mass is 32.2. The molecule has 0 bridgehead atoms. The quantitative estimate of drug-likeness (QED) is 0.790. The zero-order valence-corrected chi connectivity index (χ0v) is 9.63. The molecule has 0 radical (unpaired) electrons. The van der Waals surface area contributed by atoms with Crippen LogP contribution < -0.4 is 5.32 Å². The minimum absolute atomic E-state index is 0.0153. The zero-order valence-electron chi connectivity index (χ0n) is 8.82. The van der Waals surface area contributed by atoms with Gasteiger partial charge in [0.25, 0.3) is 0 Å². The Hall–Kier alpha value is -1.50. The molecule has 0 aliphatic carbocycles. The second-order valence-corrected chi connectivity index (χ2v) is 4.50. The van der Waals surface area contributed by atoms with Crippen molar-refractivity contribution in [3.8, 4) is 0 Å². The molecule has 86 valence electrons. The van der Waals surface area contributed by atoms with Crippen molar-refractivity contribution in [1.29, 1.82) is 0 Å². The van der Waals surface area contributed by atoms with Gasteiger partial charge in [-0.3, -0.25) is 14.7 Å². The number of hydrogen-bond donors (Lipinski definition) is 2. The summed E-state index contributed by atoms with van der Waals surface area (Å²) in [6, 6.07) is 0. The van der Waals surface area contributed by atoms with Gasteiger partial charge >= 0.3 is 0 Å². The number of carbonyl (C=O) groups is 2. The fourth-order valence-electron chi connectivity index (χ4n) is 1.37. The number of thioether (sulfide) groups is 1. The van der Waals surface area contributed by atoms with Crippen LogP contribution in [0.2, 0.25) is 0 Å². The maximum atomic E-state index is 11.6. The summed E-state index contributed by atoms with van der Waals surface area (Å²) in [5.41, 5.74) is 0.871. The molecule has 2 amide bonds. The van der Waals surface area contributed by atoms with Crippen LogP contribution in [0, 0.1) is 6.92 Å². The summed E-state index contributed by atoms with van der Waals surface area (Å²) < 4.78 is 0. The van der Waals surface area contributed by atoms with Crippen molar-refractivity contribution in [2.45, 2.75) is 6.92 Å². The number of aryl methyl sites for hydroxylation is 1. The van der Waals surface area contributed by atoms with E-state index in [1.165, 1.54) is 16.7 Å². The molecule has 2 rings (SSSR count). The Morgan fingerprint density at radius 1 is 1.75 bits per heavy atom. The summed E-state index contributed by atoms with van der Waals surface area (Å²) in [6.45, 7) is 1.94. The van der Waals surface area contributed by atoms with Crippen LogP contribution in [0.4, 0.5) is 5.82 Å². The van der Waals surface area contributed by atoms with Crippen LogP contribution in [0.3, 0.4) is 0 Å². The Morgan fingerprint density at radius 3 is 3.12 bits per heavy atom. The number of nitrogens with one attached hydrogen (secondary N) is 2. The minimum atomic E-state index is -0.205. The first-order chi connectivity index (χ1) is 7.66. The molecule has 1 aromatic rings. The second kappa shape index (κ2) is 4.56. The molecule has 0 saturated carbocycles. The van der Waals surface area contributed by atoms with Gasteiger partial charge in [0.05, 0.1) is 17.8 Å². The number of rotatable bonds is 3. The third-order valence-electron chi connectivity index (χ3n) is 2.25. The Morgan fingerprint density at radius 2 is 2.56 bits per heavy atom. The smallest absolute Gasteiger partial charge is 0.245 e. The van der Waals surface area contributed by atoms with Crippen LogP contribution in [-0.4, -0.2) is 45.1 Å². The summed E-state index contributed by atoms with van der Waals surface area (Å²) in [4.78, 5) is 24.4. The van der Waals surface area contributed by atoms with Crippen molar-refractivity contribution in [3.63, 3.8) is 0 Å². The van der Waals surface area contributed by atoms with Crippen molar-refractivity contribution in [3.05, 3.63) is 11.8 Å². The van der Waals surface area contributed by atoms with Gasteiger partial charge < -0.3 is 10.2 Å². The molecule has 0 atom stereocenters. The number of aromatic nitrogens is 2. The average Bonchev–Trinajstić information content (AvgIpc) is 2.79. The van der Waals surface area contributed by atoms with Gasteiger partial charge in [0.15, 0.2) is 0 Å². The highest BCUT2D eigenvalue weighted by Gasteiger charge is 2.23. The number of hydrogen-bond acceptors (Lipinski definition) is 4. The van der Waals surface area contributed by atoms with Gasteiger partial charge in [0, 0.05) is 5.56 Å². The van der Waals surface area contributed by atoms with Crippen LogP contribution >= 0.6 is 11.8 Å². The molecule has 7 heteroatoms. The fraction of sp³-hybridized carbons (Fsp3) is 0.444. The van der Waals surface area contributed by atoms with E-state index in [1.807, 2.05) is 6.92 Å². The van der Waals surface area contributed by atoms with Crippen molar-refractivity contribution < 1.29 is 9.59 Å². The molecular weight excluding hydrogens is 228 g/mol. The molecular formula is C9H12N4O2S. The van der Waals surface area contributed by atoms with E-state index in [-0.39, 0.29) is 18.4 Å². The lowest BCUT2D eigenvalue weighted by Crippen LogP contribution is -2.34. The van der Waals surface area contributed by atoms with Crippen molar-refractivity contribution in [2.75, 3.05) is 23.5 Å². The molecule has 1 fully saturated rings. The Balaban J connectivity index is 1.89. The number of nitrogens with zero attached hydrogens (tertiary/aromatic N) is 2. The molecule has 2 N–H and O–H groups in total. The van der Waals surface area contributed by atoms with E-state index in [2.05, 4.69) is 15.5 Å². The average molecular weight is 240 g/mol. The summed E-state index contributed by atoms with van der Waals surface area (Å²) in [7, 11) is 0. The van der Waals surface area contributed by atoms with E-state index in [1.54, 1.807) is 6.20 Å². The third kappa shape index (κ3) is 2.35. The Labute approximate surface area is 96.8 Å². The van der Waals surface area contributed by atoms with Gasteiger partial charge in [-0.2, -0.15) is 5.10 Å². The van der Waals surface area contributed by atoms with Crippen molar-refractivity contribution in [2.24, 2.45) is 0 Å². The van der Waals surface area contributed by atoms with E-state index >= 15 is 0 Å². The van der Waals surface area contributed by atoms with E-state index in [0.29, 0.717) is 17.4 Å². The molecule has 0 spiro atoms. The zero-order chi connectivity index (χ0) is 11.5. The summed E-state index contributed by atoms with van der Waals surface area (Å²) in [5, 5.41) is 9.16. The minimum Gasteiger partial charge on any atom is -0.323 e. The first kappa shape index (κ1) is 11.0. The molecule has 2 heterocycles. The van der Waals surface area contributed by atoms with Gasteiger partial charge in [-0.1, -0.05) is 0 Å². The monoisotopic (exact) mass is 240 g/mol. The summed E-state index contributed by atoms with van der Waals surface area (Å²) in [6.07, 6.45) is 1.63. The van der Waals surface area contributed by atoms with E-state index < -0.39 is 0 Å². The van der Waals surface area contributed by atoms with Crippen molar-refractivity contribution >= 4 is 29.4 Å². The number of H-pyrrole nitrogens is 1. The van der Waals surface area contributed by atoms with Crippen LogP contribution in [0.5, 0.6) is 0 Å². The molecule has 0 unspecified atom stereocenters. The van der Waals surface area contributed by atoms with E-state index in [9.17, 15) is 9.59 Å². The topological polar surface area (TPSA) is 78.1 Å². The molecule has 1 aliphatic heterocycles. The SMILES string of the molecule is Cc1cn[nH]c1NC(=O)CN1CSCC1=O. The lowest BCUT2D eigenvalue weighted by Gasteiger charge is -2.13. The van der Waals surface area contributed by atoms with Gasteiger partial charge in [-0.25, -0.2) is 0 Å². The van der Waals surface area contributed by atoms with Crippen molar-refractivity contribution in [1.82, 2.24) is 15.1 Å². The highest BCUT2D eigenvalue weighted by molar-refractivity contribution is 8.00. The van der Waals surface area contributed by atoms with Crippen LogP contribution in [0.25, 0.3) is 0 Å². The normalized spacial score (nSPS) is 15.6. The molecule has 1 saturated heterocycles. The molecule has 0 aromatic carbocycles. The van der Waals surface area contributed by atoms with E-state index in [4.69, 9.17) is 0 Å². The number of amides is 2. The van der Waals surface area contributed by atoms with E-state index in [0.717, 1.165) is 5.56 Å². The predicted octanol–water partition coefficient (Wildman–Crippen LogP) is 0.190. The van der Waals surface area contributed by atoms with Gasteiger partial charge in [0.2, 0.25) is 11.8 Å². The van der Waals surface area contributed by atoms with Crippen LogP contribution in [0.1, 0.15) is 5.56 Å². The van der Waals surface area contributed by atoms with Gasteiger partial charge in [-0.05, 0) is 6.92 Å². The predicted molar refractivity (Wildman–Crippen MR) is 61.0 cm³/mol. The molecule has 1 aliphatic rings. The first-order valence-corrected chi connectivity index (χ1v) is 5.97. The number of carbonyl (C=O) groups excluding carboxylic acids is 2. The summed E-state index contributed by atoms with van der Waals surface area (Å²) >= 11 is 1.52. The highest BCUT2D eigenvalue weighted by Crippen LogP contribution is 2.15. The standard InChI is InChI=1S/C9H12N4O2S/c1-6-2-10-12-9(6)11-7(14)3-13-5-16-4-8(13)15/h2H,3-5H2,1H3,(H2,10,11,12,14). The molecule has 1 aromatic heterocycles. The maximum absolute atomic E-state index is 11.6. The lowest BCUT2D eigenvalue weighted by atomic mass is 10.3. The van der Waals surface area contributed by atoms with Crippen LogP contribution in [-0.2, 0) is 9.59 Å². The van der Waals surface area contributed by atoms with Gasteiger partial charge in [0.1, 0.15) is 12.4 Å². The summed E-state index contributed by atoms with van der Waals surface area (Å²) in [5.74, 6) is 1.46. The van der Waals surface area contributed by atoms with Gasteiger partial charge in [-0.15, -0.1) is 11.8 Å². The second-order valence-electron chi connectivity index (χ2n) is 3.55. The first-order valence-electron chi connectivity index (χ1n) is 4.82.